The van der Waals surface area contributed by atoms with Crippen molar-refractivity contribution < 1.29 is 18.9 Å². The van der Waals surface area contributed by atoms with Crippen LogP contribution in [0.15, 0.2) is 42.5 Å². The zero-order chi connectivity index (χ0) is 22.8. The van der Waals surface area contributed by atoms with Gasteiger partial charge in [0.05, 0.1) is 13.2 Å². The van der Waals surface area contributed by atoms with Crippen LogP contribution in [0.4, 0.5) is 0 Å². The van der Waals surface area contributed by atoms with Crippen LogP contribution in [0.2, 0.25) is 0 Å². The summed E-state index contributed by atoms with van der Waals surface area (Å²) in [7, 11) is 0. The van der Waals surface area contributed by atoms with E-state index in [2.05, 4.69) is 63.2 Å². The Morgan fingerprint density at radius 3 is 1.91 bits per heavy atom. The average molecular weight is 451 g/mol. The van der Waals surface area contributed by atoms with Crippen molar-refractivity contribution >= 4 is 0 Å². The molecule has 5 rings (SSSR count). The van der Waals surface area contributed by atoms with Crippen LogP contribution < -0.4 is 9.47 Å². The van der Waals surface area contributed by atoms with Gasteiger partial charge < -0.3 is 18.9 Å². The predicted octanol–water partition coefficient (Wildman–Crippen LogP) is 6.37. The minimum Gasteiger partial charge on any atom is -0.491 e. The normalized spacial score (nSPS) is 26.6. The molecule has 1 saturated carbocycles. The van der Waals surface area contributed by atoms with E-state index >= 15 is 0 Å². The third kappa shape index (κ3) is 5.73. The Labute approximate surface area is 198 Å². The first-order valence-electron chi connectivity index (χ1n) is 12.7. The summed E-state index contributed by atoms with van der Waals surface area (Å²) in [6, 6.07) is 15.7. The Bertz CT molecular complexity index is 919. The van der Waals surface area contributed by atoms with Crippen LogP contribution in [0.25, 0.3) is 0 Å². The van der Waals surface area contributed by atoms with Crippen LogP contribution in [0.1, 0.15) is 81.4 Å². The first-order chi connectivity index (χ1) is 16.0. The largest absolute Gasteiger partial charge is 0.491 e. The SMILES string of the molecule is CCC(C)(C)c1cc(C2CCC(c3ccc(OCC4CO4)cc3)CC2)ccc1OCC1CO1. The van der Waals surface area contributed by atoms with Crippen LogP contribution in [-0.2, 0) is 14.9 Å². The van der Waals surface area contributed by atoms with Crippen molar-refractivity contribution in [3.8, 4) is 11.5 Å². The lowest BCUT2D eigenvalue weighted by atomic mass is 9.74. The molecular formula is C29H38O4. The molecule has 2 aliphatic heterocycles. The Hall–Kier alpha value is -2.04. The molecule has 2 saturated heterocycles. The number of epoxide rings is 2. The van der Waals surface area contributed by atoms with Crippen LogP contribution in [-0.4, -0.2) is 38.6 Å². The molecule has 0 amide bonds. The second-order valence-electron chi connectivity index (χ2n) is 10.6. The molecule has 0 N–H and O–H groups in total. The first kappa shape index (κ1) is 22.7. The van der Waals surface area contributed by atoms with E-state index in [1.54, 1.807) is 0 Å². The van der Waals surface area contributed by atoms with E-state index < -0.39 is 0 Å². The molecule has 0 bridgehead atoms. The molecule has 2 atom stereocenters. The monoisotopic (exact) mass is 450 g/mol. The number of ether oxygens (including phenoxy) is 4. The summed E-state index contributed by atoms with van der Waals surface area (Å²) in [6.45, 7) is 9.92. The van der Waals surface area contributed by atoms with Gasteiger partial charge in [0.25, 0.3) is 0 Å². The topological polar surface area (TPSA) is 43.5 Å². The van der Waals surface area contributed by atoms with E-state index in [0.29, 0.717) is 31.2 Å². The van der Waals surface area contributed by atoms with E-state index in [1.165, 1.54) is 42.4 Å². The summed E-state index contributed by atoms with van der Waals surface area (Å²) < 4.78 is 22.5. The molecule has 33 heavy (non-hydrogen) atoms. The molecular weight excluding hydrogens is 412 g/mol. The highest BCUT2D eigenvalue weighted by molar-refractivity contribution is 5.43. The fourth-order valence-electron chi connectivity index (χ4n) is 4.94. The second-order valence-corrected chi connectivity index (χ2v) is 10.6. The summed E-state index contributed by atoms with van der Waals surface area (Å²) >= 11 is 0. The smallest absolute Gasteiger partial charge is 0.123 e. The van der Waals surface area contributed by atoms with Gasteiger partial charge in [-0.25, -0.2) is 0 Å². The molecule has 2 unspecified atom stereocenters. The van der Waals surface area contributed by atoms with Gasteiger partial charge in [-0.2, -0.15) is 0 Å². The minimum absolute atomic E-state index is 0.0996. The van der Waals surface area contributed by atoms with Crippen LogP contribution in [0.5, 0.6) is 11.5 Å². The molecule has 178 valence electrons. The maximum atomic E-state index is 6.17. The highest BCUT2D eigenvalue weighted by Gasteiger charge is 2.29. The van der Waals surface area contributed by atoms with Gasteiger partial charge in [0.2, 0.25) is 0 Å². The molecule has 2 aromatic rings. The second kappa shape index (κ2) is 9.68. The number of hydrogen-bond acceptors (Lipinski definition) is 4. The van der Waals surface area contributed by atoms with Gasteiger partial charge in [-0.05, 0) is 78.7 Å². The van der Waals surface area contributed by atoms with Gasteiger partial charge >= 0.3 is 0 Å². The van der Waals surface area contributed by atoms with Gasteiger partial charge in [-0.1, -0.05) is 45.0 Å². The summed E-state index contributed by atoms with van der Waals surface area (Å²) in [5.41, 5.74) is 4.37. The third-order valence-electron chi connectivity index (χ3n) is 7.83. The zero-order valence-electron chi connectivity index (χ0n) is 20.3. The lowest BCUT2D eigenvalue weighted by Crippen LogP contribution is -2.19. The molecule has 0 aromatic heterocycles. The van der Waals surface area contributed by atoms with E-state index in [1.807, 2.05) is 0 Å². The summed E-state index contributed by atoms with van der Waals surface area (Å²) in [5.74, 6) is 3.26. The Balaban J connectivity index is 1.22. The van der Waals surface area contributed by atoms with Crippen LogP contribution in [0, 0.1) is 0 Å². The summed E-state index contributed by atoms with van der Waals surface area (Å²) in [4.78, 5) is 0. The number of benzene rings is 2. The number of hydrogen-bond donors (Lipinski definition) is 0. The van der Waals surface area contributed by atoms with Crippen molar-refractivity contribution in [1.82, 2.24) is 0 Å². The standard InChI is InChI=1S/C29H38O4/c1-4-29(2,3)27-15-23(11-14-28(27)33-19-26-18-32-26)22-7-5-20(6-8-22)21-9-12-24(13-10-21)30-16-25-17-31-25/h9-15,20,22,25-26H,4-8,16-19H2,1-3H3. The lowest BCUT2D eigenvalue weighted by molar-refractivity contribution is 0.257. The van der Waals surface area contributed by atoms with Crippen molar-refractivity contribution in [2.24, 2.45) is 0 Å². The Kier molecular flexibility index (Phi) is 6.67. The maximum absolute atomic E-state index is 6.17. The molecule has 3 aliphatic rings. The van der Waals surface area contributed by atoms with Gasteiger partial charge in [-0.15, -0.1) is 0 Å². The van der Waals surface area contributed by atoms with Gasteiger partial charge in [-0.3, -0.25) is 0 Å². The fraction of sp³-hybridized carbons (Fsp3) is 0.586. The van der Waals surface area contributed by atoms with Crippen LogP contribution in [0.3, 0.4) is 0 Å². The number of rotatable bonds is 10. The molecule has 4 nitrogen and oxygen atoms in total. The van der Waals surface area contributed by atoms with E-state index in [9.17, 15) is 0 Å². The van der Waals surface area contributed by atoms with Gasteiger partial charge in [0.15, 0.2) is 0 Å². The Morgan fingerprint density at radius 1 is 0.788 bits per heavy atom. The average Bonchev–Trinajstić information content (AvgIpc) is 3.77. The molecule has 2 aromatic carbocycles. The van der Waals surface area contributed by atoms with Gasteiger partial charge in [0, 0.05) is 5.56 Å². The predicted molar refractivity (Wildman–Crippen MR) is 131 cm³/mol. The van der Waals surface area contributed by atoms with E-state index in [4.69, 9.17) is 18.9 Å². The van der Waals surface area contributed by atoms with Crippen LogP contribution >= 0.6 is 0 Å². The first-order valence-corrected chi connectivity index (χ1v) is 12.7. The molecule has 3 fully saturated rings. The quantitative estimate of drug-likeness (QED) is 0.395. The van der Waals surface area contributed by atoms with E-state index in [0.717, 1.165) is 31.1 Å². The van der Waals surface area contributed by atoms with Gasteiger partial charge in [0.1, 0.15) is 36.9 Å². The van der Waals surface area contributed by atoms with Crippen molar-refractivity contribution in [3.05, 3.63) is 59.2 Å². The zero-order valence-corrected chi connectivity index (χ0v) is 20.3. The molecule has 1 aliphatic carbocycles. The molecule has 0 radical (unpaired) electrons. The van der Waals surface area contributed by atoms with E-state index in [-0.39, 0.29) is 11.5 Å². The highest BCUT2D eigenvalue weighted by Crippen LogP contribution is 2.43. The van der Waals surface area contributed by atoms with Crippen molar-refractivity contribution in [1.29, 1.82) is 0 Å². The van der Waals surface area contributed by atoms with Crippen molar-refractivity contribution in [2.45, 2.75) is 82.3 Å². The van der Waals surface area contributed by atoms with Crippen molar-refractivity contribution in [3.63, 3.8) is 0 Å². The molecule has 2 heterocycles. The molecule has 0 spiro atoms. The fourth-order valence-corrected chi connectivity index (χ4v) is 4.94. The van der Waals surface area contributed by atoms with Crippen molar-refractivity contribution in [2.75, 3.05) is 26.4 Å². The summed E-state index contributed by atoms with van der Waals surface area (Å²) in [5, 5.41) is 0. The Morgan fingerprint density at radius 2 is 1.33 bits per heavy atom. The summed E-state index contributed by atoms with van der Waals surface area (Å²) in [6.07, 6.45) is 6.64. The highest BCUT2D eigenvalue weighted by atomic mass is 16.6. The maximum Gasteiger partial charge on any atom is 0.123 e. The minimum atomic E-state index is 0.0996. The third-order valence-corrected chi connectivity index (χ3v) is 7.83. The lowest BCUT2D eigenvalue weighted by Gasteiger charge is -2.31. The molecule has 4 heteroatoms.